The molecule has 0 saturated carbocycles. The second-order valence-corrected chi connectivity index (χ2v) is 11.6. The first kappa shape index (κ1) is 22.5. The van der Waals surface area contributed by atoms with E-state index in [-0.39, 0.29) is 0 Å². The summed E-state index contributed by atoms with van der Waals surface area (Å²) in [6.45, 7) is 6.32. The van der Waals surface area contributed by atoms with Crippen LogP contribution in [-0.4, -0.2) is 57.8 Å². The normalized spacial score (nSPS) is 22.0. The molecule has 3 unspecified atom stereocenters. The van der Waals surface area contributed by atoms with E-state index in [1.54, 1.807) is 6.26 Å². The van der Waals surface area contributed by atoms with Gasteiger partial charge in [-0.2, -0.15) is 0 Å². The summed E-state index contributed by atoms with van der Waals surface area (Å²) >= 11 is 0. The number of morpholine rings is 1. The van der Waals surface area contributed by atoms with Crippen molar-refractivity contribution in [3.63, 3.8) is 0 Å². The molecule has 2 N–H and O–H groups in total. The van der Waals surface area contributed by atoms with E-state index in [0.717, 1.165) is 72.1 Å². The highest BCUT2D eigenvalue weighted by atomic mass is 32.2. The largest absolute Gasteiger partial charge is 0.377 e. The van der Waals surface area contributed by atoms with Crippen LogP contribution in [0.2, 0.25) is 0 Å². The van der Waals surface area contributed by atoms with E-state index in [2.05, 4.69) is 39.5 Å². The highest BCUT2D eigenvalue weighted by Gasteiger charge is 2.37. The summed E-state index contributed by atoms with van der Waals surface area (Å²) in [5, 5.41) is 3.17. The van der Waals surface area contributed by atoms with Crippen LogP contribution in [0.5, 0.6) is 0 Å². The number of rotatable bonds is 6. The van der Waals surface area contributed by atoms with Crippen molar-refractivity contribution in [2.45, 2.75) is 56.5 Å². The molecule has 0 amide bonds. The summed E-state index contributed by atoms with van der Waals surface area (Å²) in [4.78, 5) is 15.9. The molecule has 2 aliphatic rings. The molecule has 0 spiro atoms. The lowest BCUT2D eigenvalue weighted by atomic mass is 9.93. The molecule has 5 rings (SSSR count). The Balaban J connectivity index is 1.63. The topological polar surface area (TPSA) is 83.1 Å². The molecule has 0 aliphatic carbocycles. The third-order valence-electron chi connectivity index (χ3n) is 7.13. The first-order valence-corrected chi connectivity index (χ1v) is 13.3. The number of nitrogens with zero attached hydrogens (tertiary/aromatic N) is 3. The van der Waals surface area contributed by atoms with Crippen molar-refractivity contribution in [1.82, 2.24) is 20.3 Å². The number of piperidine rings is 1. The van der Waals surface area contributed by atoms with Crippen molar-refractivity contribution < 1.29 is 8.95 Å². The smallest absolute Gasteiger partial charge is 0.130 e. The molecule has 3 atom stereocenters. The zero-order valence-corrected chi connectivity index (χ0v) is 20.7. The van der Waals surface area contributed by atoms with Crippen LogP contribution in [0, 0.1) is 0 Å². The van der Waals surface area contributed by atoms with Crippen molar-refractivity contribution in [2.24, 2.45) is 0 Å². The van der Waals surface area contributed by atoms with Crippen LogP contribution in [0.3, 0.4) is 0 Å². The second kappa shape index (κ2) is 8.81. The van der Waals surface area contributed by atoms with Gasteiger partial charge >= 0.3 is 0 Å². The fraction of sp³-hybridized carbons (Fsp3) is 0.520. The van der Waals surface area contributed by atoms with E-state index in [1.807, 2.05) is 27.0 Å². The van der Waals surface area contributed by atoms with Crippen LogP contribution in [-0.2, 0) is 26.8 Å². The van der Waals surface area contributed by atoms with E-state index < -0.39 is 15.5 Å². The van der Waals surface area contributed by atoms with E-state index in [9.17, 15) is 4.21 Å². The highest BCUT2D eigenvalue weighted by molar-refractivity contribution is 7.85. The fourth-order valence-electron chi connectivity index (χ4n) is 4.99. The van der Waals surface area contributed by atoms with Crippen LogP contribution in [0.4, 0.5) is 5.82 Å². The SMILES string of the molecule is CNCc1cc2nc(-c3cc(C(C)(C)S(C)=O)cc(N4C5CCCC4COC5)n3)ccc2[nH]1. The van der Waals surface area contributed by atoms with Gasteiger partial charge in [-0.1, -0.05) is 0 Å². The summed E-state index contributed by atoms with van der Waals surface area (Å²) in [7, 11) is 0.898. The van der Waals surface area contributed by atoms with Gasteiger partial charge in [0.05, 0.1) is 52.5 Å². The molecule has 2 aliphatic heterocycles. The minimum atomic E-state index is -1.03. The number of fused-ring (bicyclic) bond motifs is 3. The molecular weight excluding hydrogens is 434 g/mol. The number of ether oxygens (including phenoxy) is 1. The maximum absolute atomic E-state index is 12.7. The van der Waals surface area contributed by atoms with Crippen LogP contribution < -0.4 is 10.2 Å². The van der Waals surface area contributed by atoms with Gasteiger partial charge < -0.3 is 19.9 Å². The van der Waals surface area contributed by atoms with Gasteiger partial charge in [0.25, 0.3) is 0 Å². The number of pyridine rings is 2. The highest BCUT2D eigenvalue weighted by Crippen LogP contribution is 2.37. The first-order valence-electron chi connectivity index (χ1n) is 11.7. The predicted octanol–water partition coefficient (Wildman–Crippen LogP) is 3.72. The average molecular weight is 468 g/mol. The third kappa shape index (κ3) is 4.20. The summed E-state index contributed by atoms with van der Waals surface area (Å²) in [5.41, 5.74) is 5.72. The quantitative estimate of drug-likeness (QED) is 0.575. The molecule has 8 heteroatoms. The van der Waals surface area contributed by atoms with Crippen molar-refractivity contribution in [3.8, 4) is 11.4 Å². The number of aromatic nitrogens is 3. The van der Waals surface area contributed by atoms with Gasteiger partial charge in [0.15, 0.2) is 0 Å². The lowest BCUT2D eigenvalue weighted by Gasteiger charge is -2.46. The molecule has 2 saturated heterocycles. The van der Waals surface area contributed by atoms with Gasteiger partial charge in [0.1, 0.15) is 5.82 Å². The van der Waals surface area contributed by atoms with Crippen LogP contribution >= 0.6 is 0 Å². The average Bonchev–Trinajstić information content (AvgIpc) is 3.20. The Bertz CT molecular complexity index is 1170. The summed E-state index contributed by atoms with van der Waals surface area (Å²) < 4.78 is 18.0. The first-order chi connectivity index (χ1) is 15.9. The van der Waals surface area contributed by atoms with Crippen LogP contribution in [0.25, 0.3) is 22.4 Å². The monoisotopic (exact) mass is 467 g/mol. The fourth-order valence-corrected chi connectivity index (χ4v) is 5.44. The van der Waals surface area contributed by atoms with Gasteiger partial charge in [-0.05, 0) is 76.1 Å². The lowest BCUT2D eigenvalue weighted by Crippen LogP contribution is -2.55. The van der Waals surface area contributed by atoms with Gasteiger partial charge in [0, 0.05) is 29.3 Å². The van der Waals surface area contributed by atoms with Crippen LogP contribution in [0.15, 0.2) is 30.3 Å². The van der Waals surface area contributed by atoms with Gasteiger partial charge in [-0.25, -0.2) is 9.97 Å². The molecule has 2 fully saturated rings. The molecule has 0 aromatic carbocycles. The Morgan fingerprint density at radius 1 is 1.15 bits per heavy atom. The number of H-pyrrole nitrogens is 1. The Morgan fingerprint density at radius 3 is 2.61 bits per heavy atom. The van der Waals surface area contributed by atoms with E-state index in [1.165, 1.54) is 6.42 Å². The Kier molecular flexibility index (Phi) is 6.01. The molecule has 33 heavy (non-hydrogen) atoms. The number of hydrogen-bond acceptors (Lipinski definition) is 6. The minimum absolute atomic E-state index is 0.340. The number of aromatic amines is 1. The summed E-state index contributed by atoms with van der Waals surface area (Å²) in [6, 6.07) is 11.1. The Labute approximate surface area is 197 Å². The van der Waals surface area contributed by atoms with E-state index in [4.69, 9.17) is 14.7 Å². The molecule has 3 aromatic rings. The molecular formula is C25H33N5O2S. The molecule has 7 nitrogen and oxygen atoms in total. The summed E-state index contributed by atoms with van der Waals surface area (Å²) in [6.07, 6.45) is 5.23. The number of nitrogens with one attached hydrogen (secondary N) is 2. The Morgan fingerprint density at radius 2 is 1.91 bits per heavy atom. The zero-order valence-electron chi connectivity index (χ0n) is 19.9. The van der Waals surface area contributed by atoms with Crippen molar-refractivity contribution in [3.05, 3.63) is 41.6 Å². The molecule has 2 bridgehead atoms. The predicted molar refractivity (Wildman–Crippen MR) is 134 cm³/mol. The van der Waals surface area contributed by atoms with Gasteiger partial charge in [-0.3, -0.25) is 4.21 Å². The van der Waals surface area contributed by atoms with Crippen molar-refractivity contribution in [1.29, 1.82) is 0 Å². The van der Waals surface area contributed by atoms with E-state index in [0.29, 0.717) is 12.1 Å². The van der Waals surface area contributed by atoms with Gasteiger partial charge in [-0.15, -0.1) is 0 Å². The maximum Gasteiger partial charge on any atom is 0.130 e. The molecule has 5 heterocycles. The Hall–Kier alpha value is -2.29. The molecule has 0 radical (unpaired) electrons. The summed E-state index contributed by atoms with van der Waals surface area (Å²) in [5.74, 6) is 0.950. The minimum Gasteiger partial charge on any atom is -0.377 e. The van der Waals surface area contributed by atoms with Crippen LogP contribution in [0.1, 0.15) is 44.4 Å². The molecule has 3 aromatic heterocycles. The van der Waals surface area contributed by atoms with E-state index >= 15 is 0 Å². The standard InChI is InChI=1S/C25H33N5O2S/c1-25(2,33(4)31)16-10-22(21-9-8-20-23(28-21)12-17(27-20)13-26-3)29-24(11-16)30-18-6-5-7-19(30)15-32-14-18/h8-12,18-19,26-27H,5-7,13-15H2,1-4H3. The van der Waals surface area contributed by atoms with Crippen molar-refractivity contribution >= 4 is 27.7 Å². The van der Waals surface area contributed by atoms with Gasteiger partial charge in [0.2, 0.25) is 0 Å². The van der Waals surface area contributed by atoms with Crippen molar-refractivity contribution in [2.75, 3.05) is 31.4 Å². The second-order valence-electron chi connectivity index (χ2n) is 9.70. The third-order valence-corrected chi connectivity index (χ3v) is 8.81. The number of anilines is 1. The lowest BCUT2D eigenvalue weighted by molar-refractivity contribution is 0.0458. The molecule has 176 valence electrons. The zero-order chi connectivity index (χ0) is 23.2. The maximum atomic E-state index is 12.7. The number of hydrogen-bond donors (Lipinski definition) is 2.